The van der Waals surface area contributed by atoms with Gasteiger partial charge in [0.15, 0.2) is 6.61 Å². The van der Waals surface area contributed by atoms with E-state index in [1.807, 2.05) is 13.8 Å². The number of hydrogen-bond donors (Lipinski definition) is 1. The van der Waals surface area contributed by atoms with Gasteiger partial charge in [-0.05, 0) is 79.6 Å². The van der Waals surface area contributed by atoms with Crippen LogP contribution in [0.1, 0.15) is 60.7 Å². The molecule has 4 rings (SSSR count). The summed E-state index contributed by atoms with van der Waals surface area (Å²) in [6.45, 7) is 5.79. The summed E-state index contributed by atoms with van der Waals surface area (Å²) in [5.74, 6) is -1.96. The molecular formula is C29H32N2O7. The first-order valence-electron chi connectivity index (χ1n) is 12.9. The van der Waals surface area contributed by atoms with E-state index in [-0.39, 0.29) is 35.1 Å². The number of carbonyl (C=O) groups excluding carboxylic acids is 5. The van der Waals surface area contributed by atoms with Crippen LogP contribution in [0.25, 0.3) is 0 Å². The Morgan fingerprint density at radius 1 is 0.868 bits per heavy atom. The maximum Gasteiger partial charge on any atom is 0.338 e. The third-order valence-electron chi connectivity index (χ3n) is 6.84. The molecule has 2 aromatic carbocycles. The molecule has 3 atom stereocenters. The van der Waals surface area contributed by atoms with Gasteiger partial charge in [-0.15, -0.1) is 0 Å². The molecule has 1 N–H and O–H groups in total. The normalized spacial score (nSPS) is 20.7. The zero-order chi connectivity index (χ0) is 27.4. The zero-order valence-corrected chi connectivity index (χ0v) is 21.8. The summed E-state index contributed by atoms with van der Waals surface area (Å²) in [5, 5.41) is 2.60. The highest BCUT2D eigenvalue weighted by Gasteiger charge is 2.49. The molecule has 2 aliphatic rings. The van der Waals surface area contributed by atoms with E-state index in [4.69, 9.17) is 9.47 Å². The fourth-order valence-corrected chi connectivity index (χ4v) is 4.82. The van der Waals surface area contributed by atoms with E-state index in [0.29, 0.717) is 42.3 Å². The Bertz CT molecular complexity index is 1220. The van der Waals surface area contributed by atoms with Gasteiger partial charge < -0.3 is 14.8 Å². The predicted octanol–water partition coefficient (Wildman–Crippen LogP) is 4.22. The Kier molecular flexibility index (Phi) is 8.24. The maximum atomic E-state index is 12.9. The van der Waals surface area contributed by atoms with Crippen LogP contribution in [0.5, 0.6) is 0 Å². The molecule has 1 saturated heterocycles. The summed E-state index contributed by atoms with van der Waals surface area (Å²) < 4.78 is 10.3. The zero-order valence-electron chi connectivity index (χ0n) is 21.8. The summed E-state index contributed by atoms with van der Waals surface area (Å²) in [7, 11) is 0. The Morgan fingerprint density at radius 2 is 1.45 bits per heavy atom. The Labute approximate surface area is 221 Å². The van der Waals surface area contributed by atoms with E-state index >= 15 is 0 Å². The number of amides is 3. The highest BCUT2D eigenvalue weighted by Crippen LogP contribution is 2.42. The Morgan fingerprint density at radius 3 is 2.08 bits per heavy atom. The molecule has 0 bridgehead atoms. The SMILES string of the molecule is CC(C)COC(=O)c1ccc(NC(=O)COC(=O)c2ccc(N3C(=O)[C@@H]4CC[C@@H](C)C[C@H]4C3=O)cc2)cc1. The lowest BCUT2D eigenvalue weighted by molar-refractivity contribution is -0.122. The smallest absolute Gasteiger partial charge is 0.338 e. The molecular weight excluding hydrogens is 488 g/mol. The van der Waals surface area contributed by atoms with E-state index in [0.717, 1.165) is 6.42 Å². The average molecular weight is 521 g/mol. The van der Waals surface area contributed by atoms with Gasteiger partial charge in [-0.2, -0.15) is 0 Å². The maximum absolute atomic E-state index is 12.9. The molecule has 38 heavy (non-hydrogen) atoms. The predicted molar refractivity (Wildman–Crippen MR) is 139 cm³/mol. The van der Waals surface area contributed by atoms with Crippen LogP contribution in [0.2, 0.25) is 0 Å². The number of benzene rings is 2. The lowest BCUT2D eigenvalue weighted by Gasteiger charge is -2.25. The molecule has 0 unspecified atom stereocenters. The molecule has 1 aliphatic heterocycles. The van der Waals surface area contributed by atoms with Crippen molar-refractivity contribution in [2.45, 2.75) is 40.0 Å². The minimum absolute atomic E-state index is 0.181. The number of ether oxygens (including phenoxy) is 2. The van der Waals surface area contributed by atoms with Gasteiger partial charge in [-0.25, -0.2) is 9.59 Å². The number of nitrogens with zero attached hydrogens (tertiary/aromatic N) is 1. The molecule has 1 saturated carbocycles. The largest absolute Gasteiger partial charge is 0.462 e. The average Bonchev–Trinajstić information content (AvgIpc) is 3.15. The van der Waals surface area contributed by atoms with Crippen LogP contribution in [-0.4, -0.2) is 42.9 Å². The second-order valence-corrected chi connectivity index (χ2v) is 10.4. The van der Waals surface area contributed by atoms with E-state index in [1.165, 1.54) is 29.2 Å². The number of hydrogen-bond acceptors (Lipinski definition) is 7. The van der Waals surface area contributed by atoms with Crippen molar-refractivity contribution in [2.24, 2.45) is 23.7 Å². The van der Waals surface area contributed by atoms with E-state index in [9.17, 15) is 24.0 Å². The van der Waals surface area contributed by atoms with Gasteiger partial charge in [-0.1, -0.05) is 20.8 Å². The van der Waals surface area contributed by atoms with Crippen LogP contribution in [0.3, 0.4) is 0 Å². The highest BCUT2D eigenvalue weighted by molar-refractivity contribution is 6.22. The number of anilines is 2. The van der Waals surface area contributed by atoms with Crippen LogP contribution in [0.15, 0.2) is 48.5 Å². The second kappa shape index (κ2) is 11.6. The van der Waals surface area contributed by atoms with E-state index in [2.05, 4.69) is 12.2 Å². The third kappa shape index (κ3) is 6.10. The molecule has 0 radical (unpaired) electrons. The molecule has 9 heteroatoms. The summed E-state index contributed by atoms with van der Waals surface area (Å²) >= 11 is 0. The van der Waals surface area contributed by atoms with Crippen molar-refractivity contribution in [2.75, 3.05) is 23.4 Å². The number of esters is 2. The number of imide groups is 1. The van der Waals surface area contributed by atoms with Crippen molar-refractivity contribution < 1.29 is 33.4 Å². The first-order chi connectivity index (χ1) is 18.1. The number of carbonyl (C=O) groups is 5. The van der Waals surface area contributed by atoms with Gasteiger partial charge in [0.05, 0.1) is 35.3 Å². The molecule has 0 spiro atoms. The Balaban J connectivity index is 1.28. The van der Waals surface area contributed by atoms with Crippen molar-refractivity contribution in [3.63, 3.8) is 0 Å². The van der Waals surface area contributed by atoms with Crippen molar-refractivity contribution in [1.29, 1.82) is 0 Å². The van der Waals surface area contributed by atoms with Gasteiger partial charge in [-0.3, -0.25) is 19.3 Å². The first kappa shape index (κ1) is 27.0. The third-order valence-corrected chi connectivity index (χ3v) is 6.84. The van der Waals surface area contributed by atoms with Gasteiger partial charge in [0.1, 0.15) is 0 Å². The van der Waals surface area contributed by atoms with E-state index in [1.54, 1.807) is 24.3 Å². The second-order valence-electron chi connectivity index (χ2n) is 10.4. The molecule has 2 aromatic rings. The van der Waals surface area contributed by atoms with Crippen LogP contribution in [-0.2, 0) is 23.9 Å². The summed E-state index contributed by atoms with van der Waals surface area (Å²) in [6.07, 6.45) is 2.37. The van der Waals surface area contributed by atoms with Gasteiger partial charge in [0, 0.05) is 5.69 Å². The van der Waals surface area contributed by atoms with Crippen molar-refractivity contribution in [3.8, 4) is 0 Å². The fraction of sp³-hybridized carbons (Fsp3) is 0.414. The molecule has 1 heterocycles. The number of rotatable bonds is 8. The molecule has 0 aromatic heterocycles. The van der Waals surface area contributed by atoms with Crippen LogP contribution in [0, 0.1) is 23.7 Å². The molecule has 200 valence electrons. The minimum Gasteiger partial charge on any atom is -0.462 e. The van der Waals surface area contributed by atoms with Crippen molar-refractivity contribution in [3.05, 3.63) is 59.7 Å². The number of fused-ring (bicyclic) bond motifs is 1. The van der Waals surface area contributed by atoms with Crippen LogP contribution >= 0.6 is 0 Å². The molecule has 9 nitrogen and oxygen atoms in total. The molecule has 2 fully saturated rings. The van der Waals surface area contributed by atoms with Crippen LogP contribution in [0.4, 0.5) is 11.4 Å². The van der Waals surface area contributed by atoms with Gasteiger partial charge in [0.2, 0.25) is 11.8 Å². The number of nitrogens with one attached hydrogen (secondary N) is 1. The lowest BCUT2D eigenvalue weighted by atomic mass is 9.76. The molecule has 3 amide bonds. The monoisotopic (exact) mass is 520 g/mol. The quantitative estimate of drug-likeness (QED) is 0.409. The van der Waals surface area contributed by atoms with Gasteiger partial charge in [0.25, 0.3) is 5.91 Å². The fourth-order valence-electron chi connectivity index (χ4n) is 4.82. The van der Waals surface area contributed by atoms with Gasteiger partial charge >= 0.3 is 11.9 Å². The van der Waals surface area contributed by atoms with E-state index < -0.39 is 24.5 Å². The summed E-state index contributed by atoms with van der Waals surface area (Å²) in [4.78, 5) is 63.6. The highest BCUT2D eigenvalue weighted by atomic mass is 16.5. The first-order valence-corrected chi connectivity index (χ1v) is 12.9. The molecule has 1 aliphatic carbocycles. The topological polar surface area (TPSA) is 119 Å². The summed E-state index contributed by atoms with van der Waals surface area (Å²) in [5.41, 5.74) is 1.42. The van der Waals surface area contributed by atoms with Crippen LogP contribution < -0.4 is 10.2 Å². The standard InChI is InChI=1S/C29H32N2O7/c1-17(2)15-37-28(35)19-5-9-21(10-6-19)30-25(32)16-38-29(36)20-7-11-22(12-8-20)31-26(33)23-13-4-18(3)14-24(23)27(31)34/h5-12,17-18,23-24H,4,13-16H2,1-3H3,(H,30,32)/t18-,23-,24-/m1/s1. The Hall–Kier alpha value is -4.01. The summed E-state index contributed by atoms with van der Waals surface area (Å²) in [6, 6.07) is 12.2. The minimum atomic E-state index is -0.712. The van der Waals surface area contributed by atoms with Crippen molar-refractivity contribution >= 4 is 41.0 Å². The van der Waals surface area contributed by atoms with Crippen molar-refractivity contribution in [1.82, 2.24) is 0 Å². The lowest BCUT2D eigenvalue weighted by Crippen LogP contribution is -2.30.